The highest BCUT2D eigenvalue weighted by molar-refractivity contribution is 6.14. The zero-order valence-corrected chi connectivity index (χ0v) is 20.3. The normalized spacial score (nSPS) is 24.3. The average molecular weight is 492 g/mol. The number of hydrogen-bond donors (Lipinski definition) is 2. The lowest BCUT2D eigenvalue weighted by atomic mass is 9.90. The molecule has 8 heteroatoms. The second-order valence-corrected chi connectivity index (χ2v) is 9.92. The van der Waals surface area contributed by atoms with Crippen LogP contribution in [0.2, 0.25) is 0 Å². The molecule has 0 radical (unpaired) electrons. The monoisotopic (exact) mass is 491 g/mol. The summed E-state index contributed by atoms with van der Waals surface area (Å²) in [5.41, 5.74) is 4.38. The van der Waals surface area contributed by atoms with Crippen LogP contribution in [-0.4, -0.2) is 67.0 Å². The lowest BCUT2D eigenvalue weighted by Gasteiger charge is -2.38. The van der Waals surface area contributed by atoms with Crippen LogP contribution in [0.25, 0.3) is 22.0 Å². The first-order chi connectivity index (χ1) is 17.6. The summed E-state index contributed by atoms with van der Waals surface area (Å²) in [7, 11) is 0. The summed E-state index contributed by atoms with van der Waals surface area (Å²) >= 11 is 0. The first-order valence-corrected chi connectivity index (χ1v) is 12.9. The van der Waals surface area contributed by atoms with Crippen LogP contribution in [0, 0.1) is 11.6 Å². The van der Waals surface area contributed by atoms with Gasteiger partial charge < -0.3 is 15.0 Å². The molecule has 2 fully saturated rings. The molecule has 0 spiro atoms. The number of nitrogens with zero attached hydrogens (tertiary/aromatic N) is 3. The Hall–Kier alpha value is -3.10. The molecule has 1 aliphatic carbocycles. The summed E-state index contributed by atoms with van der Waals surface area (Å²) in [6.45, 7) is 4.39. The predicted octanol–water partition coefficient (Wildman–Crippen LogP) is 4.68. The molecule has 188 valence electrons. The summed E-state index contributed by atoms with van der Waals surface area (Å²) in [5, 5.41) is 4.34. The van der Waals surface area contributed by atoms with Gasteiger partial charge in [-0.15, -0.1) is 0 Å². The van der Waals surface area contributed by atoms with Crippen LogP contribution >= 0.6 is 0 Å². The lowest BCUT2D eigenvalue weighted by Crippen LogP contribution is -2.45. The molecule has 1 aromatic heterocycles. The first-order valence-electron chi connectivity index (χ1n) is 12.9. The zero-order chi connectivity index (χ0) is 24.5. The number of amidine groups is 1. The summed E-state index contributed by atoms with van der Waals surface area (Å²) in [6.07, 6.45) is 6.91. The number of halogens is 2. The number of morpholine rings is 1. The van der Waals surface area contributed by atoms with Crippen LogP contribution in [0.3, 0.4) is 0 Å². The largest absolute Gasteiger partial charge is 0.379 e. The molecule has 3 heterocycles. The Kier molecular flexibility index (Phi) is 6.54. The maximum Gasteiger partial charge on any atom is 0.136 e. The van der Waals surface area contributed by atoms with E-state index in [2.05, 4.69) is 20.2 Å². The van der Waals surface area contributed by atoms with Gasteiger partial charge in [0.05, 0.1) is 25.6 Å². The van der Waals surface area contributed by atoms with Crippen molar-refractivity contribution >= 4 is 23.1 Å². The smallest absolute Gasteiger partial charge is 0.136 e. The topological polar surface area (TPSA) is 65.0 Å². The summed E-state index contributed by atoms with van der Waals surface area (Å²) in [5.74, 6) is -0.346. The SMILES string of the molecule is Fc1cc(F)cc(-c2ccc3[nH]c4c(c3c2)C(=NC2CCC(N3CCOCC3)CC2)NC=NCC4)c1. The Morgan fingerprint density at radius 2 is 1.72 bits per heavy atom. The van der Waals surface area contributed by atoms with E-state index in [1.54, 1.807) is 6.34 Å². The van der Waals surface area contributed by atoms with Crippen LogP contribution in [0.15, 0.2) is 46.4 Å². The highest BCUT2D eigenvalue weighted by Crippen LogP contribution is 2.32. The summed E-state index contributed by atoms with van der Waals surface area (Å²) in [4.78, 5) is 15.8. The maximum atomic E-state index is 13.9. The van der Waals surface area contributed by atoms with E-state index in [1.165, 1.54) is 12.1 Å². The molecule has 6 nitrogen and oxygen atoms in total. The Labute approximate surface area is 209 Å². The van der Waals surface area contributed by atoms with Crippen LogP contribution < -0.4 is 5.32 Å². The van der Waals surface area contributed by atoms with Gasteiger partial charge in [-0.3, -0.25) is 14.9 Å². The standard InChI is InChI=1S/C28H31F2N5O/c29-20-13-19(14-21(30)16-20)18-1-6-25-24(15-18)27-26(34-25)7-8-31-17-32-28(27)33-22-2-4-23(5-3-22)35-9-11-36-12-10-35/h1,6,13-17,22-23,34H,2-5,7-12H2,(H,31,32,33). The van der Waals surface area contributed by atoms with Gasteiger partial charge in [0.1, 0.15) is 17.5 Å². The number of aliphatic imine (C=N–C) groups is 2. The third kappa shape index (κ3) is 4.80. The Bertz CT molecular complexity index is 1280. The van der Waals surface area contributed by atoms with Gasteiger partial charge in [-0.05, 0) is 61.1 Å². The van der Waals surface area contributed by atoms with E-state index in [1.807, 2.05) is 18.2 Å². The van der Waals surface area contributed by atoms with Crippen molar-refractivity contribution < 1.29 is 13.5 Å². The minimum Gasteiger partial charge on any atom is -0.379 e. The fourth-order valence-corrected chi connectivity index (χ4v) is 5.81. The zero-order valence-electron chi connectivity index (χ0n) is 20.3. The molecule has 1 saturated carbocycles. The van der Waals surface area contributed by atoms with E-state index in [0.717, 1.165) is 98.0 Å². The van der Waals surface area contributed by atoms with E-state index in [-0.39, 0.29) is 6.04 Å². The fraction of sp³-hybridized carbons (Fsp3) is 0.429. The van der Waals surface area contributed by atoms with E-state index >= 15 is 0 Å². The lowest BCUT2D eigenvalue weighted by molar-refractivity contribution is 0.00754. The number of rotatable bonds is 3. The quantitative estimate of drug-likeness (QED) is 0.559. The van der Waals surface area contributed by atoms with Crippen molar-refractivity contribution in [1.29, 1.82) is 0 Å². The maximum absolute atomic E-state index is 13.9. The number of ether oxygens (including phenoxy) is 1. The molecule has 0 bridgehead atoms. The number of benzene rings is 2. The van der Waals surface area contributed by atoms with E-state index in [4.69, 9.17) is 9.73 Å². The van der Waals surface area contributed by atoms with E-state index in [9.17, 15) is 8.78 Å². The van der Waals surface area contributed by atoms with Gasteiger partial charge in [0.2, 0.25) is 0 Å². The van der Waals surface area contributed by atoms with Gasteiger partial charge in [-0.25, -0.2) is 8.78 Å². The fourth-order valence-electron chi connectivity index (χ4n) is 5.81. The molecule has 0 atom stereocenters. The Morgan fingerprint density at radius 1 is 0.944 bits per heavy atom. The number of aromatic amines is 1. The van der Waals surface area contributed by atoms with Gasteiger partial charge in [0.25, 0.3) is 0 Å². The number of aromatic nitrogens is 1. The van der Waals surface area contributed by atoms with Crippen molar-refractivity contribution in [3.05, 3.63) is 59.3 Å². The Morgan fingerprint density at radius 3 is 2.50 bits per heavy atom. The van der Waals surface area contributed by atoms with Crippen LogP contribution in [0.1, 0.15) is 36.9 Å². The molecular formula is C28H31F2N5O. The van der Waals surface area contributed by atoms with Crippen LogP contribution in [-0.2, 0) is 11.2 Å². The van der Waals surface area contributed by atoms with Crippen molar-refractivity contribution in [2.24, 2.45) is 9.98 Å². The number of fused-ring (bicyclic) bond motifs is 3. The van der Waals surface area contributed by atoms with Crippen molar-refractivity contribution in [3.63, 3.8) is 0 Å². The van der Waals surface area contributed by atoms with E-state index in [0.29, 0.717) is 18.2 Å². The highest BCUT2D eigenvalue weighted by Gasteiger charge is 2.28. The summed E-state index contributed by atoms with van der Waals surface area (Å²) < 4.78 is 33.3. The predicted molar refractivity (Wildman–Crippen MR) is 139 cm³/mol. The highest BCUT2D eigenvalue weighted by atomic mass is 19.1. The second kappa shape index (κ2) is 10.1. The Balaban J connectivity index is 1.32. The van der Waals surface area contributed by atoms with Crippen molar-refractivity contribution in [3.8, 4) is 11.1 Å². The van der Waals surface area contributed by atoms with Gasteiger partial charge in [0, 0.05) is 60.3 Å². The number of hydrogen-bond acceptors (Lipinski definition) is 4. The molecule has 6 rings (SSSR count). The van der Waals surface area contributed by atoms with Gasteiger partial charge in [-0.1, -0.05) is 6.07 Å². The van der Waals surface area contributed by atoms with Crippen LogP contribution in [0.4, 0.5) is 8.78 Å². The van der Waals surface area contributed by atoms with Crippen molar-refractivity contribution in [1.82, 2.24) is 15.2 Å². The van der Waals surface area contributed by atoms with E-state index < -0.39 is 11.6 Å². The van der Waals surface area contributed by atoms with Crippen LogP contribution in [0.5, 0.6) is 0 Å². The molecular weight excluding hydrogens is 460 g/mol. The van der Waals surface area contributed by atoms with Gasteiger partial charge in [-0.2, -0.15) is 0 Å². The minimum atomic E-state index is -0.581. The number of nitrogens with one attached hydrogen (secondary N) is 2. The average Bonchev–Trinajstić information content (AvgIpc) is 3.23. The molecule has 36 heavy (non-hydrogen) atoms. The van der Waals surface area contributed by atoms with Gasteiger partial charge in [0.15, 0.2) is 0 Å². The van der Waals surface area contributed by atoms with Crippen molar-refractivity contribution in [2.75, 3.05) is 32.8 Å². The molecule has 2 N–H and O–H groups in total. The minimum absolute atomic E-state index is 0.246. The third-order valence-electron chi connectivity index (χ3n) is 7.63. The number of H-pyrrole nitrogens is 1. The first kappa shape index (κ1) is 23.3. The third-order valence-corrected chi connectivity index (χ3v) is 7.63. The second-order valence-electron chi connectivity index (χ2n) is 9.92. The molecule has 3 aromatic rings. The molecule has 0 unspecified atom stereocenters. The molecule has 2 aliphatic heterocycles. The van der Waals surface area contributed by atoms with Crippen molar-refractivity contribution in [2.45, 2.75) is 44.2 Å². The van der Waals surface area contributed by atoms with Gasteiger partial charge >= 0.3 is 0 Å². The molecule has 3 aliphatic rings. The summed E-state index contributed by atoms with van der Waals surface area (Å²) in [6, 6.07) is 10.4. The molecule has 0 amide bonds. The molecule has 2 aromatic carbocycles. The molecule has 1 saturated heterocycles.